The van der Waals surface area contributed by atoms with Gasteiger partial charge >= 0.3 is 0 Å². The van der Waals surface area contributed by atoms with Crippen LogP contribution in [0, 0.1) is 11.2 Å². The van der Waals surface area contributed by atoms with Crippen LogP contribution in [0.2, 0.25) is 0 Å². The number of nitrogens with one attached hydrogen (secondary N) is 1. The molecule has 2 heterocycles. The Morgan fingerprint density at radius 3 is 2.76 bits per heavy atom. The summed E-state index contributed by atoms with van der Waals surface area (Å²) in [4.78, 5) is 15.9. The van der Waals surface area contributed by atoms with E-state index in [1.54, 1.807) is 6.07 Å². The molecule has 1 fully saturated rings. The lowest BCUT2D eigenvalue weighted by Crippen LogP contribution is -2.38. The lowest BCUT2D eigenvalue weighted by Gasteiger charge is -2.27. The molecule has 2 aliphatic rings. The minimum Gasteiger partial charge on any atom is -0.352 e. The lowest BCUT2D eigenvalue weighted by atomic mass is 10.1. The maximum Gasteiger partial charge on any atom is 0.224 e. The average molecular weight is 289 g/mol. The van der Waals surface area contributed by atoms with Crippen LogP contribution < -0.4 is 0 Å². The molecular formula is C16H20FN3O. The molecule has 0 aromatic heterocycles. The molecule has 21 heavy (non-hydrogen) atoms. The Kier molecular flexibility index (Phi) is 3.90. The molecule has 2 aliphatic heterocycles. The third-order valence-electron chi connectivity index (χ3n) is 4.31. The number of carbonyl (C=O) groups is 1. The molecule has 1 aromatic carbocycles. The molecule has 0 radical (unpaired) electrons. The molecule has 112 valence electrons. The number of likely N-dealkylation sites (tertiary alicyclic amines) is 1. The van der Waals surface area contributed by atoms with Gasteiger partial charge in [-0.05, 0) is 37.0 Å². The van der Waals surface area contributed by atoms with Gasteiger partial charge < -0.3 is 9.80 Å². The summed E-state index contributed by atoms with van der Waals surface area (Å²) >= 11 is 0. The van der Waals surface area contributed by atoms with Crippen LogP contribution in [0.25, 0.3) is 0 Å². The van der Waals surface area contributed by atoms with Gasteiger partial charge in [0.15, 0.2) is 0 Å². The Morgan fingerprint density at radius 1 is 1.24 bits per heavy atom. The summed E-state index contributed by atoms with van der Waals surface area (Å²) in [5.74, 6) is 0.185. The smallest absolute Gasteiger partial charge is 0.224 e. The normalized spacial score (nSPS) is 18.0. The zero-order chi connectivity index (χ0) is 14.8. The Labute approximate surface area is 124 Å². The number of nitrogens with zero attached hydrogens (tertiary/aromatic N) is 2. The average Bonchev–Trinajstić information content (AvgIpc) is 2.82. The van der Waals surface area contributed by atoms with Crippen molar-refractivity contribution >= 4 is 11.7 Å². The first-order valence-electron chi connectivity index (χ1n) is 7.55. The Morgan fingerprint density at radius 2 is 2.00 bits per heavy atom. The van der Waals surface area contributed by atoms with Gasteiger partial charge in [0, 0.05) is 38.2 Å². The first kappa shape index (κ1) is 14.0. The van der Waals surface area contributed by atoms with E-state index in [0.717, 1.165) is 31.5 Å². The summed E-state index contributed by atoms with van der Waals surface area (Å²) in [6, 6.07) is 4.56. The van der Waals surface area contributed by atoms with Crippen LogP contribution in [0.5, 0.6) is 0 Å². The molecule has 1 N–H and O–H groups in total. The monoisotopic (exact) mass is 289 g/mol. The van der Waals surface area contributed by atoms with Crippen molar-refractivity contribution in [3.05, 3.63) is 35.1 Å². The van der Waals surface area contributed by atoms with Crippen LogP contribution in [0.3, 0.4) is 0 Å². The van der Waals surface area contributed by atoms with E-state index in [1.165, 1.54) is 18.6 Å². The van der Waals surface area contributed by atoms with Crippen LogP contribution in [-0.4, -0.2) is 41.2 Å². The van der Waals surface area contributed by atoms with Crippen LogP contribution in [0.4, 0.5) is 4.39 Å². The molecule has 0 bridgehead atoms. The van der Waals surface area contributed by atoms with Crippen molar-refractivity contribution in [2.45, 2.75) is 32.2 Å². The van der Waals surface area contributed by atoms with E-state index < -0.39 is 0 Å². The van der Waals surface area contributed by atoms with Gasteiger partial charge in [-0.3, -0.25) is 10.2 Å². The Hall–Kier alpha value is -1.91. The molecule has 3 rings (SSSR count). The van der Waals surface area contributed by atoms with Gasteiger partial charge in [-0.25, -0.2) is 4.39 Å². The highest BCUT2D eigenvalue weighted by molar-refractivity contribution is 6.00. The summed E-state index contributed by atoms with van der Waals surface area (Å²) in [6.07, 6.45) is 3.83. The van der Waals surface area contributed by atoms with Crippen molar-refractivity contribution in [1.29, 1.82) is 5.41 Å². The van der Waals surface area contributed by atoms with Gasteiger partial charge in [-0.2, -0.15) is 0 Å². The number of hydrogen-bond acceptors (Lipinski definition) is 2. The number of amides is 1. The third-order valence-corrected chi connectivity index (χ3v) is 4.31. The summed E-state index contributed by atoms with van der Waals surface area (Å²) in [7, 11) is 0. The van der Waals surface area contributed by atoms with Crippen LogP contribution in [0.15, 0.2) is 18.2 Å². The predicted octanol–water partition coefficient (Wildman–Crippen LogP) is 2.37. The maximum atomic E-state index is 13.2. The summed E-state index contributed by atoms with van der Waals surface area (Å²) < 4.78 is 13.2. The standard InChI is InChI=1S/C16H20FN3O/c17-13-5-4-12-11-20(16(18)14(12)10-13)9-6-15(21)19-7-2-1-3-8-19/h4-5,10,18H,1-3,6-9,11H2. The number of piperidine rings is 1. The molecule has 0 spiro atoms. The third kappa shape index (κ3) is 2.91. The number of rotatable bonds is 3. The van der Waals surface area contributed by atoms with Gasteiger partial charge in [-0.1, -0.05) is 6.07 Å². The van der Waals surface area contributed by atoms with E-state index in [-0.39, 0.29) is 11.7 Å². The molecule has 0 aliphatic carbocycles. The van der Waals surface area contributed by atoms with Gasteiger partial charge in [-0.15, -0.1) is 0 Å². The van der Waals surface area contributed by atoms with E-state index in [2.05, 4.69) is 0 Å². The van der Waals surface area contributed by atoms with Crippen LogP contribution in [-0.2, 0) is 11.3 Å². The van der Waals surface area contributed by atoms with Crippen molar-refractivity contribution in [3.63, 3.8) is 0 Å². The largest absolute Gasteiger partial charge is 0.352 e. The SMILES string of the molecule is N=C1c2cc(F)ccc2CN1CCC(=O)N1CCCCC1. The first-order chi connectivity index (χ1) is 10.1. The number of carbonyl (C=O) groups excluding carboxylic acids is 1. The quantitative estimate of drug-likeness (QED) is 0.928. The second kappa shape index (κ2) is 5.84. The van der Waals surface area contributed by atoms with Gasteiger partial charge in [0.1, 0.15) is 11.7 Å². The highest BCUT2D eigenvalue weighted by Crippen LogP contribution is 2.23. The predicted molar refractivity (Wildman–Crippen MR) is 78.7 cm³/mol. The highest BCUT2D eigenvalue weighted by Gasteiger charge is 2.25. The summed E-state index contributed by atoms with van der Waals surface area (Å²) in [5.41, 5.74) is 1.62. The molecule has 1 aromatic rings. The summed E-state index contributed by atoms with van der Waals surface area (Å²) in [6.45, 7) is 2.86. The molecule has 1 saturated heterocycles. The molecular weight excluding hydrogens is 269 g/mol. The van der Waals surface area contributed by atoms with Crippen molar-refractivity contribution in [2.75, 3.05) is 19.6 Å². The van der Waals surface area contributed by atoms with Crippen molar-refractivity contribution in [3.8, 4) is 0 Å². The number of amidine groups is 1. The van der Waals surface area contributed by atoms with Crippen LogP contribution >= 0.6 is 0 Å². The number of hydrogen-bond donors (Lipinski definition) is 1. The molecule has 0 atom stereocenters. The molecule has 5 heteroatoms. The maximum absolute atomic E-state index is 13.2. The lowest BCUT2D eigenvalue weighted by molar-refractivity contribution is -0.132. The fourth-order valence-corrected chi connectivity index (χ4v) is 3.08. The van der Waals surface area contributed by atoms with E-state index in [0.29, 0.717) is 30.9 Å². The van der Waals surface area contributed by atoms with Crippen molar-refractivity contribution < 1.29 is 9.18 Å². The van der Waals surface area contributed by atoms with Gasteiger partial charge in [0.2, 0.25) is 5.91 Å². The second-order valence-corrected chi connectivity index (χ2v) is 5.76. The molecule has 0 saturated carbocycles. The van der Waals surface area contributed by atoms with Gasteiger partial charge in [0.25, 0.3) is 0 Å². The minimum absolute atomic E-state index is 0.171. The van der Waals surface area contributed by atoms with E-state index in [4.69, 9.17) is 5.41 Å². The van der Waals surface area contributed by atoms with Gasteiger partial charge in [0.05, 0.1) is 0 Å². The number of fused-ring (bicyclic) bond motifs is 1. The first-order valence-corrected chi connectivity index (χ1v) is 7.55. The van der Waals surface area contributed by atoms with E-state index in [9.17, 15) is 9.18 Å². The molecule has 0 unspecified atom stereocenters. The Bertz CT molecular complexity index is 567. The van der Waals surface area contributed by atoms with E-state index >= 15 is 0 Å². The van der Waals surface area contributed by atoms with Crippen molar-refractivity contribution in [1.82, 2.24) is 9.80 Å². The zero-order valence-corrected chi connectivity index (χ0v) is 12.1. The van der Waals surface area contributed by atoms with Crippen molar-refractivity contribution in [2.24, 2.45) is 0 Å². The topological polar surface area (TPSA) is 47.4 Å². The minimum atomic E-state index is -0.315. The second-order valence-electron chi connectivity index (χ2n) is 5.76. The van der Waals surface area contributed by atoms with E-state index in [1.807, 2.05) is 9.80 Å². The molecule has 4 nitrogen and oxygen atoms in total. The molecule has 1 amide bonds. The highest BCUT2D eigenvalue weighted by atomic mass is 19.1. The summed E-state index contributed by atoms with van der Waals surface area (Å²) in [5, 5.41) is 8.11. The number of benzene rings is 1. The van der Waals surface area contributed by atoms with Crippen LogP contribution in [0.1, 0.15) is 36.8 Å². The Balaban J connectivity index is 1.57. The zero-order valence-electron chi connectivity index (χ0n) is 12.1. The fourth-order valence-electron chi connectivity index (χ4n) is 3.08. The fraction of sp³-hybridized carbons (Fsp3) is 0.500. The number of halogens is 1.